The predicted molar refractivity (Wildman–Crippen MR) is 74.6 cm³/mol. The Morgan fingerprint density at radius 3 is 2.80 bits per heavy atom. The molecule has 2 aromatic rings. The minimum Gasteiger partial charge on any atom is -0.376 e. The zero-order chi connectivity index (χ0) is 14.5. The zero-order valence-electron chi connectivity index (χ0n) is 11.1. The summed E-state index contributed by atoms with van der Waals surface area (Å²) in [5, 5.41) is 16.1. The molecule has 0 fully saturated rings. The average Bonchev–Trinajstić information content (AvgIpc) is 2.85. The summed E-state index contributed by atoms with van der Waals surface area (Å²) in [6.45, 7) is 2.07. The quantitative estimate of drug-likeness (QED) is 0.857. The van der Waals surface area contributed by atoms with Gasteiger partial charge < -0.3 is 11.1 Å². The van der Waals surface area contributed by atoms with E-state index in [-0.39, 0.29) is 12.6 Å². The second-order valence-corrected chi connectivity index (χ2v) is 4.49. The maximum Gasteiger partial charge on any atom is 0.239 e. The summed E-state index contributed by atoms with van der Waals surface area (Å²) in [6.07, 6.45) is 3.37. The number of nitrogens with two attached hydrogens (primary N) is 1. The van der Waals surface area contributed by atoms with Crippen LogP contribution in [-0.2, 0) is 11.3 Å². The number of benzene rings is 1. The number of nitrogens with zero attached hydrogens (tertiary/aromatic N) is 3. The molecule has 1 aromatic carbocycles. The van der Waals surface area contributed by atoms with Crippen LogP contribution < -0.4 is 11.1 Å². The Morgan fingerprint density at radius 2 is 2.20 bits per heavy atom. The van der Waals surface area contributed by atoms with Gasteiger partial charge >= 0.3 is 0 Å². The number of nitriles is 1. The van der Waals surface area contributed by atoms with Gasteiger partial charge in [-0.3, -0.25) is 9.48 Å². The van der Waals surface area contributed by atoms with Gasteiger partial charge in [0.15, 0.2) is 0 Å². The molecule has 1 unspecified atom stereocenters. The van der Waals surface area contributed by atoms with Gasteiger partial charge in [-0.1, -0.05) is 12.1 Å². The van der Waals surface area contributed by atoms with Crippen LogP contribution >= 0.6 is 0 Å². The van der Waals surface area contributed by atoms with Crippen molar-refractivity contribution in [3.63, 3.8) is 0 Å². The van der Waals surface area contributed by atoms with Crippen molar-refractivity contribution in [1.82, 2.24) is 9.78 Å². The molecule has 6 heteroatoms. The fourth-order valence-electron chi connectivity index (χ4n) is 1.86. The lowest BCUT2D eigenvalue weighted by Crippen LogP contribution is -2.18. The van der Waals surface area contributed by atoms with Crippen LogP contribution in [0.3, 0.4) is 0 Å². The number of nitrogens with one attached hydrogen (secondary N) is 1. The van der Waals surface area contributed by atoms with Crippen molar-refractivity contribution in [1.29, 1.82) is 5.26 Å². The van der Waals surface area contributed by atoms with Crippen LogP contribution in [0.5, 0.6) is 0 Å². The topological polar surface area (TPSA) is 96.7 Å². The van der Waals surface area contributed by atoms with Gasteiger partial charge in [0.2, 0.25) is 5.91 Å². The highest BCUT2D eigenvalue weighted by atomic mass is 16.1. The number of amides is 1. The van der Waals surface area contributed by atoms with Gasteiger partial charge in [0.05, 0.1) is 23.5 Å². The first-order valence-electron chi connectivity index (χ1n) is 6.16. The van der Waals surface area contributed by atoms with E-state index < -0.39 is 5.91 Å². The molecule has 1 amide bonds. The number of carbonyl (C=O) groups is 1. The molecule has 0 saturated heterocycles. The average molecular weight is 269 g/mol. The van der Waals surface area contributed by atoms with E-state index in [2.05, 4.69) is 16.5 Å². The van der Waals surface area contributed by atoms with Crippen LogP contribution in [0.2, 0.25) is 0 Å². The second-order valence-electron chi connectivity index (χ2n) is 4.49. The van der Waals surface area contributed by atoms with Crippen LogP contribution in [-0.4, -0.2) is 15.7 Å². The van der Waals surface area contributed by atoms with Gasteiger partial charge in [-0.2, -0.15) is 10.4 Å². The Morgan fingerprint density at radius 1 is 1.50 bits per heavy atom. The van der Waals surface area contributed by atoms with Gasteiger partial charge in [-0.25, -0.2) is 0 Å². The molecule has 0 radical (unpaired) electrons. The maximum absolute atomic E-state index is 10.8. The van der Waals surface area contributed by atoms with E-state index >= 15 is 0 Å². The second kappa shape index (κ2) is 5.89. The summed E-state index contributed by atoms with van der Waals surface area (Å²) < 4.78 is 1.48. The summed E-state index contributed by atoms with van der Waals surface area (Å²) in [4.78, 5) is 10.8. The highest BCUT2D eigenvalue weighted by Gasteiger charge is 2.07. The van der Waals surface area contributed by atoms with Gasteiger partial charge in [-0.05, 0) is 24.6 Å². The van der Waals surface area contributed by atoms with Gasteiger partial charge in [0, 0.05) is 12.2 Å². The molecule has 0 aliphatic rings. The number of rotatable bonds is 5. The molecule has 6 nitrogen and oxygen atoms in total. The largest absolute Gasteiger partial charge is 0.376 e. The first kappa shape index (κ1) is 13.6. The van der Waals surface area contributed by atoms with E-state index in [9.17, 15) is 4.79 Å². The summed E-state index contributed by atoms with van der Waals surface area (Å²) in [6, 6.07) is 9.53. The third kappa shape index (κ3) is 3.36. The van der Waals surface area contributed by atoms with Crippen molar-refractivity contribution in [3.8, 4) is 6.07 Å². The third-order valence-corrected chi connectivity index (χ3v) is 2.87. The molecule has 1 atom stereocenters. The molecule has 0 aliphatic carbocycles. The number of aromatic nitrogens is 2. The minimum atomic E-state index is -0.431. The van der Waals surface area contributed by atoms with E-state index in [0.717, 1.165) is 11.3 Å². The summed E-state index contributed by atoms with van der Waals surface area (Å²) in [7, 11) is 0. The number of primary amides is 1. The lowest BCUT2D eigenvalue weighted by Gasteiger charge is -2.13. The Balaban J connectivity index is 2.03. The molecule has 0 saturated carbocycles. The molecule has 1 heterocycles. The smallest absolute Gasteiger partial charge is 0.239 e. The molecule has 1 aromatic heterocycles. The van der Waals surface area contributed by atoms with Crippen molar-refractivity contribution in [2.45, 2.75) is 19.5 Å². The highest BCUT2D eigenvalue weighted by Crippen LogP contribution is 2.19. The number of hydrogen-bond acceptors (Lipinski definition) is 4. The van der Waals surface area contributed by atoms with E-state index in [1.807, 2.05) is 19.1 Å². The standard InChI is InChI=1S/C14H15N5O/c1-10(12-4-2-11(6-15)3-5-12)18-13-7-17-19(8-13)9-14(16)20/h2-5,7-8,10,18H,9H2,1H3,(H2,16,20). The first-order chi connectivity index (χ1) is 9.58. The van der Waals surface area contributed by atoms with Crippen LogP contribution in [0.1, 0.15) is 24.1 Å². The Hall–Kier alpha value is -2.81. The van der Waals surface area contributed by atoms with E-state index in [4.69, 9.17) is 11.0 Å². The van der Waals surface area contributed by atoms with E-state index in [0.29, 0.717) is 5.56 Å². The molecule has 0 aliphatic heterocycles. The van der Waals surface area contributed by atoms with Crippen LogP contribution in [0.4, 0.5) is 5.69 Å². The molecule has 2 rings (SSSR count). The molecular weight excluding hydrogens is 254 g/mol. The van der Waals surface area contributed by atoms with Crippen LogP contribution in [0, 0.1) is 11.3 Å². The van der Waals surface area contributed by atoms with Crippen molar-refractivity contribution < 1.29 is 4.79 Å². The summed E-state index contributed by atoms with van der Waals surface area (Å²) in [5.74, 6) is -0.431. The normalized spacial score (nSPS) is 11.6. The molecule has 0 bridgehead atoms. The summed E-state index contributed by atoms with van der Waals surface area (Å²) >= 11 is 0. The monoisotopic (exact) mass is 269 g/mol. The Labute approximate surface area is 116 Å². The molecular formula is C14H15N5O. The Bertz CT molecular complexity index is 638. The lowest BCUT2D eigenvalue weighted by molar-refractivity contribution is -0.118. The molecule has 20 heavy (non-hydrogen) atoms. The van der Waals surface area contributed by atoms with Crippen molar-refractivity contribution in [3.05, 3.63) is 47.8 Å². The number of anilines is 1. The van der Waals surface area contributed by atoms with E-state index in [1.165, 1.54) is 4.68 Å². The Kier molecular flexibility index (Phi) is 4.01. The van der Waals surface area contributed by atoms with Gasteiger partial charge in [-0.15, -0.1) is 0 Å². The predicted octanol–water partition coefficient (Wildman–Crippen LogP) is 1.41. The van der Waals surface area contributed by atoms with Crippen molar-refractivity contribution in [2.75, 3.05) is 5.32 Å². The zero-order valence-corrected chi connectivity index (χ0v) is 11.1. The first-order valence-corrected chi connectivity index (χ1v) is 6.16. The van der Waals surface area contributed by atoms with E-state index in [1.54, 1.807) is 24.5 Å². The van der Waals surface area contributed by atoms with Crippen LogP contribution in [0.15, 0.2) is 36.7 Å². The van der Waals surface area contributed by atoms with Crippen molar-refractivity contribution >= 4 is 11.6 Å². The SMILES string of the molecule is CC(Nc1cnn(CC(N)=O)c1)c1ccc(C#N)cc1. The number of carbonyl (C=O) groups excluding carboxylic acids is 1. The van der Waals surface area contributed by atoms with Gasteiger partial charge in [0.25, 0.3) is 0 Å². The minimum absolute atomic E-state index is 0.0624. The fraction of sp³-hybridized carbons (Fsp3) is 0.214. The van der Waals surface area contributed by atoms with Crippen molar-refractivity contribution in [2.24, 2.45) is 5.73 Å². The molecule has 102 valence electrons. The number of hydrogen-bond donors (Lipinski definition) is 2. The lowest BCUT2D eigenvalue weighted by atomic mass is 10.1. The van der Waals surface area contributed by atoms with Gasteiger partial charge in [0.1, 0.15) is 6.54 Å². The molecule has 3 N–H and O–H groups in total. The summed E-state index contributed by atoms with van der Waals surface area (Å²) in [5.41, 5.74) is 7.61. The molecule has 0 spiro atoms. The fourth-order valence-corrected chi connectivity index (χ4v) is 1.86. The van der Waals surface area contributed by atoms with Crippen LogP contribution in [0.25, 0.3) is 0 Å². The highest BCUT2D eigenvalue weighted by molar-refractivity contribution is 5.73. The maximum atomic E-state index is 10.8. The third-order valence-electron chi connectivity index (χ3n) is 2.87.